The Morgan fingerprint density at radius 1 is 1.30 bits per heavy atom. The van der Waals surface area contributed by atoms with Crippen molar-refractivity contribution in [1.82, 2.24) is 4.57 Å². The van der Waals surface area contributed by atoms with E-state index in [4.69, 9.17) is 16.0 Å². The molecule has 1 unspecified atom stereocenters. The van der Waals surface area contributed by atoms with Crippen LogP contribution in [0.25, 0.3) is 11.1 Å². The molecule has 1 heterocycles. The van der Waals surface area contributed by atoms with Gasteiger partial charge in [-0.3, -0.25) is 4.57 Å². The number of oxazole rings is 1. The van der Waals surface area contributed by atoms with Crippen molar-refractivity contribution in [3.8, 4) is 0 Å². The van der Waals surface area contributed by atoms with Crippen LogP contribution in [0.1, 0.15) is 51.0 Å². The van der Waals surface area contributed by atoms with E-state index in [1.54, 1.807) is 4.57 Å². The molecule has 110 valence electrons. The third-order valence-corrected chi connectivity index (χ3v) is 3.97. The molecule has 4 heteroatoms. The minimum atomic E-state index is -0.285. The number of nitrogens with zero attached hydrogens (tertiary/aromatic N) is 1. The SMILES string of the molecule is CCCn1c(=O)oc2cc(C(Cl)CCC(C)C)ccc21. The summed E-state index contributed by atoms with van der Waals surface area (Å²) in [5, 5.41) is -0.0263. The Kier molecular flexibility index (Phi) is 4.92. The zero-order valence-electron chi connectivity index (χ0n) is 12.4. The Balaban J connectivity index is 2.28. The predicted octanol–water partition coefficient (Wildman–Crippen LogP) is 4.72. The van der Waals surface area contributed by atoms with Crippen molar-refractivity contribution in [1.29, 1.82) is 0 Å². The van der Waals surface area contributed by atoms with Crippen LogP contribution in [0, 0.1) is 5.92 Å². The van der Waals surface area contributed by atoms with Crippen LogP contribution in [-0.2, 0) is 6.54 Å². The van der Waals surface area contributed by atoms with E-state index in [1.807, 2.05) is 25.1 Å². The zero-order valence-corrected chi connectivity index (χ0v) is 13.1. The molecule has 0 fully saturated rings. The normalized spacial score (nSPS) is 13.2. The maximum atomic E-state index is 11.8. The highest BCUT2D eigenvalue weighted by Crippen LogP contribution is 2.29. The number of rotatable bonds is 6. The molecule has 20 heavy (non-hydrogen) atoms. The van der Waals surface area contributed by atoms with Crippen molar-refractivity contribution < 1.29 is 4.42 Å². The molecule has 0 spiro atoms. The predicted molar refractivity (Wildman–Crippen MR) is 83.4 cm³/mol. The quantitative estimate of drug-likeness (QED) is 0.723. The highest BCUT2D eigenvalue weighted by atomic mass is 35.5. The van der Waals surface area contributed by atoms with Crippen LogP contribution in [0.4, 0.5) is 0 Å². The maximum absolute atomic E-state index is 11.8. The molecule has 0 aliphatic heterocycles. The van der Waals surface area contributed by atoms with Crippen LogP contribution in [0.3, 0.4) is 0 Å². The van der Waals surface area contributed by atoms with Crippen LogP contribution in [0.15, 0.2) is 27.4 Å². The lowest BCUT2D eigenvalue weighted by atomic mass is 10.0. The van der Waals surface area contributed by atoms with Crippen molar-refractivity contribution >= 4 is 22.7 Å². The summed E-state index contributed by atoms with van der Waals surface area (Å²) in [4.78, 5) is 11.8. The summed E-state index contributed by atoms with van der Waals surface area (Å²) < 4.78 is 6.99. The molecule has 1 aromatic carbocycles. The Labute approximate surface area is 124 Å². The molecule has 0 N–H and O–H groups in total. The number of alkyl halides is 1. The van der Waals surface area contributed by atoms with Crippen molar-refractivity contribution in [3.63, 3.8) is 0 Å². The summed E-state index contributed by atoms with van der Waals surface area (Å²) in [6, 6.07) is 5.85. The van der Waals surface area contributed by atoms with Gasteiger partial charge >= 0.3 is 5.76 Å². The van der Waals surface area contributed by atoms with E-state index < -0.39 is 0 Å². The Morgan fingerprint density at radius 3 is 2.70 bits per heavy atom. The maximum Gasteiger partial charge on any atom is 0.419 e. The van der Waals surface area contributed by atoms with Gasteiger partial charge in [-0.05, 0) is 42.9 Å². The van der Waals surface area contributed by atoms with E-state index in [9.17, 15) is 4.79 Å². The number of aromatic nitrogens is 1. The van der Waals surface area contributed by atoms with Crippen LogP contribution in [-0.4, -0.2) is 4.57 Å². The van der Waals surface area contributed by atoms with E-state index in [0.29, 0.717) is 18.0 Å². The summed E-state index contributed by atoms with van der Waals surface area (Å²) in [6.07, 6.45) is 2.93. The molecular weight excluding hydrogens is 274 g/mol. The molecule has 1 atom stereocenters. The first kappa shape index (κ1) is 15.2. The largest absolute Gasteiger partial charge is 0.419 e. The standard InChI is InChI=1S/C16H22ClNO2/c1-4-9-18-14-8-6-12(10-15(14)20-16(18)19)13(17)7-5-11(2)3/h6,8,10-11,13H,4-5,7,9H2,1-3H3. The lowest BCUT2D eigenvalue weighted by molar-refractivity contribution is 0.502. The molecule has 0 aliphatic rings. The number of hydrogen-bond donors (Lipinski definition) is 0. The first-order valence-corrected chi connectivity index (χ1v) is 7.74. The van der Waals surface area contributed by atoms with E-state index in [-0.39, 0.29) is 11.1 Å². The lowest BCUT2D eigenvalue weighted by Crippen LogP contribution is -2.13. The van der Waals surface area contributed by atoms with Crippen LogP contribution in [0.2, 0.25) is 0 Å². The van der Waals surface area contributed by atoms with E-state index in [2.05, 4.69) is 13.8 Å². The summed E-state index contributed by atoms with van der Waals surface area (Å²) in [5.41, 5.74) is 2.52. The molecule has 0 amide bonds. The number of aryl methyl sites for hydroxylation is 1. The first-order chi connectivity index (χ1) is 9.52. The van der Waals surface area contributed by atoms with Gasteiger partial charge in [0.15, 0.2) is 5.58 Å². The number of hydrogen-bond acceptors (Lipinski definition) is 2. The van der Waals surface area contributed by atoms with Gasteiger partial charge in [-0.1, -0.05) is 26.8 Å². The van der Waals surface area contributed by atoms with Crippen molar-refractivity contribution in [2.45, 2.75) is 52.0 Å². The van der Waals surface area contributed by atoms with Gasteiger partial charge in [0.2, 0.25) is 0 Å². The third kappa shape index (κ3) is 3.26. The van der Waals surface area contributed by atoms with Gasteiger partial charge in [0.25, 0.3) is 0 Å². The van der Waals surface area contributed by atoms with Crippen LogP contribution >= 0.6 is 11.6 Å². The molecule has 0 saturated carbocycles. The molecule has 0 saturated heterocycles. The van der Waals surface area contributed by atoms with Crippen LogP contribution < -0.4 is 5.76 Å². The van der Waals surface area contributed by atoms with Gasteiger partial charge in [0, 0.05) is 6.54 Å². The lowest BCUT2D eigenvalue weighted by Gasteiger charge is -2.11. The summed E-state index contributed by atoms with van der Waals surface area (Å²) >= 11 is 6.43. The van der Waals surface area contributed by atoms with E-state index >= 15 is 0 Å². The molecule has 2 aromatic rings. The van der Waals surface area contributed by atoms with Gasteiger partial charge in [-0.15, -0.1) is 11.6 Å². The van der Waals surface area contributed by atoms with Crippen molar-refractivity contribution in [3.05, 3.63) is 34.3 Å². The molecule has 0 radical (unpaired) electrons. The highest BCUT2D eigenvalue weighted by Gasteiger charge is 2.13. The van der Waals surface area contributed by atoms with Gasteiger partial charge < -0.3 is 4.42 Å². The average molecular weight is 296 g/mol. The topological polar surface area (TPSA) is 35.1 Å². The van der Waals surface area contributed by atoms with Gasteiger partial charge in [0.05, 0.1) is 10.9 Å². The minimum Gasteiger partial charge on any atom is -0.408 e. The number of halogens is 1. The fraction of sp³-hybridized carbons (Fsp3) is 0.562. The summed E-state index contributed by atoms with van der Waals surface area (Å²) in [7, 11) is 0. The van der Waals surface area contributed by atoms with E-state index in [1.165, 1.54) is 0 Å². The minimum absolute atomic E-state index is 0.0263. The van der Waals surface area contributed by atoms with Gasteiger partial charge in [-0.25, -0.2) is 4.79 Å². The van der Waals surface area contributed by atoms with Crippen molar-refractivity contribution in [2.75, 3.05) is 0 Å². The summed E-state index contributed by atoms with van der Waals surface area (Å²) in [5.74, 6) is 0.357. The Hall–Kier alpha value is -1.22. The number of benzene rings is 1. The summed E-state index contributed by atoms with van der Waals surface area (Å²) in [6.45, 7) is 7.11. The monoisotopic (exact) mass is 295 g/mol. The first-order valence-electron chi connectivity index (χ1n) is 7.30. The van der Waals surface area contributed by atoms with Gasteiger partial charge in [0.1, 0.15) is 0 Å². The second kappa shape index (κ2) is 6.49. The zero-order chi connectivity index (χ0) is 14.7. The Bertz CT molecular complexity index is 627. The molecule has 3 nitrogen and oxygen atoms in total. The van der Waals surface area contributed by atoms with E-state index in [0.717, 1.165) is 30.3 Å². The fourth-order valence-electron chi connectivity index (χ4n) is 2.36. The number of fused-ring (bicyclic) bond motifs is 1. The van der Waals surface area contributed by atoms with Crippen molar-refractivity contribution in [2.24, 2.45) is 5.92 Å². The second-order valence-electron chi connectivity index (χ2n) is 5.69. The highest BCUT2D eigenvalue weighted by molar-refractivity contribution is 6.20. The molecular formula is C16H22ClNO2. The Morgan fingerprint density at radius 2 is 2.05 bits per heavy atom. The smallest absolute Gasteiger partial charge is 0.408 e. The average Bonchev–Trinajstić information content (AvgIpc) is 2.72. The fourth-order valence-corrected chi connectivity index (χ4v) is 2.62. The molecule has 0 aliphatic carbocycles. The van der Waals surface area contributed by atoms with Crippen LogP contribution in [0.5, 0.6) is 0 Å². The second-order valence-corrected chi connectivity index (χ2v) is 6.21. The molecule has 2 rings (SSSR count). The van der Waals surface area contributed by atoms with Gasteiger partial charge in [-0.2, -0.15) is 0 Å². The molecule has 0 bridgehead atoms. The molecule has 1 aromatic heterocycles. The third-order valence-electron chi connectivity index (χ3n) is 3.50.